The maximum Gasteiger partial charge on any atom is 0.248 e. The summed E-state index contributed by atoms with van der Waals surface area (Å²) in [5.41, 5.74) is 6.63. The zero-order valence-corrected chi connectivity index (χ0v) is 10.0. The molecule has 2 aromatic rings. The molecule has 1 saturated heterocycles. The first kappa shape index (κ1) is 11.2. The van der Waals surface area contributed by atoms with Crippen molar-refractivity contribution in [3.8, 4) is 0 Å². The fraction of sp³-hybridized carbons (Fsp3) is 0.385. The first-order valence-electron chi connectivity index (χ1n) is 6.14. The van der Waals surface area contributed by atoms with Gasteiger partial charge in [-0.2, -0.15) is 5.10 Å². The number of amides is 1. The Morgan fingerprint density at radius 3 is 3.06 bits per heavy atom. The summed E-state index contributed by atoms with van der Waals surface area (Å²) in [6.45, 7) is 0.785. The maximum absolute atomic E-state index is 11.1. The molecule has 2 heterocycles. The number of primary amides is 1. The average Bonchev–Trinajstić information content (AvgIpc) is 2.82. The smallest absolute Gasteiger partial charge is 0.248 e. The molecule has 0 aliphatic carbocycles. The Kier molecular flexibility index (Phi) is 2.76. The zero-order chi connectivity index (χ0) is 12.5. The van der Waals surface area contributed by atoms with Gasteiger partial charge in [-0.15, -0.1) is 0 Å². The molecule has 2 N–H and O–H groups in total. The van der Waals surface area contributed by atoms with Crippen LogP contribution in [0.25, 0.3) is 10.9 Å². The van der Waals surface area contributed by atoms with Crippen molar-refractivity contribution >= 4 is 16.8 Å². The van der Waals surface area contributed by atoms with Crippen molar-refractivity contribution in [3.63, 3.8) is 0 Å². The van der Waals surface area contributed by atoms with E-state index in [-0.39, 0.29) is 6.23 Å². The lowest BCUT2D eigenvalue weighted by atomic mass is 10.1. The van der Waals surface area contributed by atoms with Crippen LogP contribution in [0.2, 0.25) is 0 Å². The highest BCUT2D eigenvalue weighted by molar-refractivity contribution is 5.96. The van der Waals surface area contributed by atoms with Crippen molar-refractivity contribution in [2.24, 2.45) is 5.73 Å². The van der Waals surface area contributed by atoms with Crippen molar-refractivity contribution in [2.45, 2.75) is 25.5 Å². The van der Waals surface area contributed by atoms with Crippen LogP contribution in [-0.4, -0.2) is 22.3 Å². The molecule has 1 atom stereocenters. The van der Waals surface area contributed by atoms with Crippen LogP contribution >= 0.6 is 0 Å². The highest BCUT2D eigenvalue weighted by atomic mass is 16.5. The number of carbonyl (C=O) groups is 1. The number of rotatable bonds is 2. The predicted molar refractivity (Wildman–Crippen MR) is 67.1 cm³/mol. The second-order valence-corrected chi connectivity index (χ2v) is 4.57. The Balaban J connectivity index is 1.97. The van der Waals surface area contributed by atoms with Crippen LogP contribution in [0.3, 0.4) is 0 Å². The second kappa shape index (κ2) is 4.42. The number of carbonyl (C=O) groups excluding carboxylic acids is 1. The SMILES string of the molecule is NC(=O)c1ccc2nn(C3CCCCO3)cc2c1. The number of nitrogens with zero attached hydrogens (tertiary/aromatic N) is 2. The van der Waals surface area contributed by atoms with E-state index in [4.69, 9.17) is 10.5 Å². The molecule has 1 aromatic carbocycles. The van der Waals surface area contributed by atoms with Crippen molar-refractivity contribution in [3.05, 3.63) is 30.0 Å². The number of aromatic nitrogens is 2. The lowest BCUT2D eigenvalue weighted by Crippen LogP contribution is -2.18. The van der Waals surface area contributed by atoms with E-state index in [9.17, 15) is 4.79 Å². The number of benzene rings is 1. The molecular weight excluding hydrogens is 230 g/mol. The molecule has 0 radical (unpaired) electrons. The molecule has 0 spiro atoms. The fourth-order valence-corrected chi connectivity index (χ4v) is 2.28. The van der Waals surface area contributed by atoms with Crippen LogP contribution in [0.15, 0.2) is 24.4 Å². The Hall–Kier alpha value is -1.88. The van der Waals surface area contributed by atoms with Crippen LogP contribution in [0.1, 0.15) is 35.8 Å². The van der Waals surface area contributed by atoms with Gasteiger partial charge in [0.05, 0.1) is 5.52 Å². The van der Waals surface area contributed by atoms with E-state index in [1.807, 2.05) is 16.9 Å². The van der Waals surface area contributed by atoms with Gasteiger partial charge in [0.15, 0.2) is 0 Å². The van der Waals surface area contributed by atoms with Gasteiger partial charge >= 0.3 is 0 Å². The van der Waals surface area contributed by atoms with Gasteiger partial charge in [0.1, 0.15) is 6.23 Å². The minimum absolute atomic E-state index is 0.0168. The van der Waals surface area contributed by atoms with Gasteiger partial charge in [0, 0.05) is 23.8 Å². The third kappa shape index (κ3) is 1.97. The number of hydrogen-bond donors (Lipinski definition) is 1. The Morgan fingerprint density at radius 2 is 2.33 bits per heavy atom. The normalized spacial score (nSPS) is 20.1. The minimum atomic E-state index is -0.418. The molecule has 1 unspecified atom stereocenters. The van der Waals surface area contributed by atoms with E-state index in [0.29, 0.717) is 5.56 Å². The van der Waals surface area contributed by atoms with E-state index >= 15 is 0 Å². The standard InChI is InChI=1S/C13H15N3O2/c14-13(17)9-4-5-11-10(7-9)8-16(15-11)12-3-1-2-6-18-12/h4-5,7-8,12H,1-3,6H2,(H2,14,17). The molecule has 5 nitrogen and oxygen atoms in total. The van der Waals surface area contributed by atoms with Crippen molar-refractivity contribution < 1.29 is 9.53 Å². The monoisotopic (exact) mass is 245 g/mol. The van der Waals surface area contributed by atoms with Gasteiger partial charge in [-0.1, -0.05) is 0 Å². The summed E-state index contributed by atoms with van der Waals surface area (Å²) in [7, 11) is 0. The summed E-state index contributed by atoms with van der Waals surface area (Å²) in [6, 6.07) is 5.28. The fourth-order valence-electron chi connectivity index (χ4n) is 2.28. The molecule has 0 bridgehead atoms. The van der Waals surface area contributed by atoms with E-state index in [0.717, 1.165) is 36.8 Å². The van der Waals surface area contributed by atoms with Crippen molar-refractivity contribution in [1.82, 2.24) is 9.78 Å². The third-order valence-corrected chi connectivity index (χ3v) is 3.26. The molecule has 1 aromatic heterocycles. The third-order valence-electron chi connectivity index (χ3n) is 3.26. The summed E-state index contributed by atoms with van der Waals surface area (Å²) in [6.07, 6.45) is 5.19. The number of fused-ring (bicyclic) bond motifs is 1. The van der Waals surface area contributed by atoms with Crippen LogP contribution < -0.4 is 5.73 Å². The largest absolute Gasteiger partial charge is 0.366 e. The molecule has 1 aliphatic heterocycles. The Labute approximate surface area is 105 Å². The van der Waals surface area contributed by atoms with Crippen molar-refractivity contribution in [1.29, 1.82) is 0 Å². The molecule has 3 rings (SSSR count). The highest BCUT2D eigenvalue weighted by Crippen LogP contribution is 2.24. The molecule has 5 heteroatoms. The molecule has 94 valence electrons. The molecule has 1 fully saturated rings. The summed E-state index contributed by atoms with van der Waals surface area (Å²) in [5, 5.41) is 5.39. The van der Waals surface area contributed by atoms with Gasteiger partial charge in [0.25, 0.3) is 0 Å². The first-order valence-corrected chi connectivity index (χ1v) is 6.14. The summed E-state index contributed by atoms with van der Waals surface area (Å²) < 4.78 is 7.52. The zero-order valence-electron chi connectivity index (χ0n) is 10.0. The van der Waals surface area contributed by atoms with E-state index in [2.05, 4.69) is 5.10 Å². The van der Waals surface area contributed by atoms with Gasteiger partial charge in [-0.25, -0.2) is 4.68 Å². The van der Waals surface area contributed by atoms with Crippen LogP contribution in [-0.2, 0) is 4.74 Å². The Morgan fingerprint density at radius 1 is 1.44 bits per heavy atom. The summed E-state index contributed by atoms with van der Waals surface area (Å²) in [4.78, 5) is 11.1. The lowest BCUT2D eigenvalue weighted by molar-refractivity contribution is -0.0390. The van der Waals surface area contributed by atoms with Gasteiger partial charge in [0.2, 0.25) is 5.91 Å². The van der Waals surface area contributed by atoms with Crippen molar-refractivity contribution in [2.75, 3.05) is 6.61 Å². The van der Waals surface area contributed by atoms with E-state index in [1.54, 1.807) is 12.1 Å². The minimum Gasteiger partial charge on any atom is -0.366 e. The van der Waals surface area contributed by atoms with Crippen LogP contribution in [0, 0.1) is 0 Å². The van der Waals surface area contributed by atoms with Gasteiger partial charge < -0.3 is 10.5 Å². The maximum atomic E-state index is 11.1. The second-order valence-electron chi connectivity index (χ2n) is 4.57. The highest BCUT2D eigenvalue weighted by Gasteiger charge is 2.17. The van der Waals surface area contributed by atoms with Crippen LogP contribution in [0.5, 0.6) is 0 Å². The molecule has 18 heavy (non-hydrogen) atoms. The van der Waals surface area contributed by atoms with Crippen LogP contribution in [0.4, 0.5) is 0 Å². The molecule has 0 saturated carbocycles. The summed E-state index contributed by atoms with van der Waals surface area (Å²) >= 11 is 0. The quantitative estimate of drug-likeness (QED) is 0.877. The lowest BCUT2D eigenvalue weighted by Gasteiger charge is -2.22. The molecule has 1 aliphatic rings. The van der Waals surface area contributed by atoms with E-state index in [1.165, 1.54) is 0 Å². The molecule has 1 amide bonds. The number of ether oxygens (including phenoxy) is 1. The number of hydrogen-bond acceptors (Lipinski definition) is 3. The average molecular weight is 245 g/mol. The topological polar surface area (TPSA) is 70.1 Å². The number of nitrogens with two attached hydrogens (primary N) is 1. The Bertz CT molecular complexity index is 585. The van der Waals surface area contributed by atoms with E-state index < -0.39 is 5.91 Å². The van der Waals surface area contributed by atoms with Gasteiger partial charge in [-0.3, -0.25) is 4.79 Å². The molecular formula is C13H15N3O2. The first-order chi connectivity index (χ1) is 8.74. The summed E-state index contributed by atoms with van der Waals surface area (Å²) in [5.74, 6) is -0.418. The predicted octanol–water partition coefficient (Wildman–Crippen LogP) is 1.83. The van der Waals surface area contributed by atoms with Gasteiger partial charge in [-0.05, 0) is 37.5 Å².